The molecule has 8 heteroatoms. The van der Waals surface area contributed by atoms with E-state index in [0.29, 0.717) is 11.4 Å². The lowest BCUT2D eigenvalue weighted by Crippen LogP contribution is -2.39. The van der Waals surface area contributed by atoms with Crippen molar-refractivity contribution in [2.75, 3.05) is 16.5 Å². The summed E-state index contributed by atoms with van der Waals surface area (Å²) in [4.78, 5) is 39.9. The number of ether oxygens (including phenoxy) is 1. The third-order valence-electron chi connectivity index (χ3n) is 4.64. The van der Waals surface area contributed by atoms with Crippen LogP contribution in [-0.2, 0) is 19.1 Å². The standard InChI is InChI=1S/C20H16BrN3O4/c1-2-28-20(27)16-15-17(24(22-16)14-6-4-3-5-7-14)19(26)23(18(15)25)13-10-8-12(21)9-11-13/h3-11,15,17H,2H2,1H3. The summed E-state index contributed by atoms with van der Waals surface area (Å²) in [6.07, 6.45) is 0. The molecule has 2 atom stereocenters. The van der Waals surface area contributed by atoms with Crippen molar-refractivity contribution in [2.24, 2.45) is 11.0 Å². The van der Waals surface area contributed by atoms with Crippen LogP contribution in [0.2, 0.25) is 0 Å². The third-order valence-corrected chi connectivity index (χ3v) is 5.17. The van der Waals surface area contributed by atoms with Crippen LogP contribution >= 0.6 is 15.9 Å². The van der Waals surface area contributed by atoms with E-state index in [-0.39, 0.29) is 12.3 Å². The van der Waals surface area contributed by atoms with Crippen molar-refractivity contribution in [3.05, 3.63) is 59.1 Å². The predicted molar refractivity (Wildman–Crippen MR) is 107 cm³/mol. The zero-order chi connectivity index (χ0) is 19.8. The first-order valence-electron chi connectivity index (χ1n) is 8.76. The quantitative estimate of drug-likeness (QED) is 0.538. The highest BCUT2D eigenvalue weighted by molar-refractivity contribution is 9.10. The largest absolute Gasteiger partial charge is 0.461 e. The maximum atomic E-state index is 13.2. The van der Waals surface area contributed by atoms with Crippen LogP contribution in [0.4, 0.5) is 11.4 Å². The van der Waals surface area contributed by atoms with E-state index in [1.165, 1.54) is 5.01 Å². The van der Waals surface area contributed by atoms with Gasteiger partial charge in [-0.25, -0.2) is 9.69 Å². The number of carbonyl (C=O) groups excluding carboxylic acids is 3. The Morgan fingerprint density at radius 1 is 1.04 bits per heavy atom. The number of imide groups is 1. The molecule has 28 heavy (non-hydrogen) atoms. The minimum Gasteiger partial charge on any atom is -0.461 e. The predicted octanol–water partition coefficient (Wildman–Crippen LogP) is 2.75. The number of rotatable bonds is 4. The van der Waals surface area contributed by atoms with Crippen LogP contribution in [0.5, 0.6) is 0 Å². The number of para-hydroxylation sites is 1. The topological polar surface area (TPSA) is 79.3 Å². The van der Waals surface area contributed by atoms with E-state index in [2.05, 4.69) is 21.0 Å². The Morgan fingerprint density at radius 2 is 1.71 bits per heavy atom. The highest BCUT2D eigenvalue weighted by Gasteiger charge is 2.59. The molecule has 2 aliphatic rings. The molecule has 0 aliphatic carbocycles. The summed E-state index contributed by atoms with van der Waals surface area (Å²) in [6.45, 7) is 1.83. The Hall–Kier alpha value is -3.00. The van der Waals surface area contributed by atoms with E-state index < -0.39 is 29.7 Å². The van der Waals surface area contributed by atoms with Gasteiger partial charge in [0.1, 0.15) is 12.0 Å². The van der Waals surface area contributed by atoms with Gasteiger partial charge in [0, 0.05) is 4.47 Å². The molecule has 0 N–H and O–H groups in total. The van der Waals surface area contributed by atoms with Gasteiger partial charge in [-0.1, -0.05) is 34.1 Å². The first-order valence-corrected chi connectivity index (χ1v) is 9.55. The molecular formula is C20H16BrN3O4. The van der Waals surface area contributed by atoms with Crippen LogP contribution in [0.25, 0.3) is 0 Å². The van der Waals surface area contributed by atoms with E-state index in [0.717, 1.165) is 9.37 Å². The number of carbonyl (C=O) groups is 3. The maximum absolute atomic E-state index is 13.2. The second-order valence-corrected chi connectivity index (χ2v) is 7.21. The summed E-state index contributed by atoms with van der Waals surface area (Å²) >= 11 is 3.34. The highest BCUT2D eigenvalue weighted by atomic mass is 79.9. The van der Waals surface area contributed by atoms with E-state index in [1.807, 2.05) is 6.07 Å². The smallest absolute Gasteiger partial charge is 0.355 e. The van der Waals surface area contributed by atoms with Crippen molar-refractivity contribution >= 4 is 50.8 Å². The molecule has 0 bridgehead atoms. The number of anilines is 2. The Morgan fingerprint density at radius 3 is 2.36 bits per heavy atom. The number of amides is 2. The fourth-order valence-electron chi connectivity index (χ4n) is 3.43. The summed E-state index contributed by atoms with van der Waals surface area (Å²) in [7, 11) is 0. The fourth-order valence-corrected chi connectivity index (χ4v) is 3.69. The molecule has 1 saturated heterocycles. The Bertz CT molecular complexity index is 975. The molecule has 0 spiro atoms. The number of hydrogen-bond donors (Lipinski definition) is 0. The van der Waals surface area contributed by atoms with Crippen molar-refractivity contribution in [3.63, 3.8) is 0 Å². The van der Waals surface area contributed by atoms with Crippen LogP contribution in [-0.4, -0.2) is 36.1 Å². The van der Waals surface area contributed by atoms with Crippen LogP contribution in [0.1, 0.15) is 6.92 Å². The van der Waals surface area contributed by atoms with E-state index in [9.17, 15) is 14.4 Å². The molecule has 2 unspecified atom stereocenters. The van der Waals surface area contributed by atoms with Gasteiger partial charge in [0.25, 0.3) is 5.91 Å². The van der Waals surface area contributed by atoms with Gasteiger partial charge in [-0.05, 0) is 43.3 Å². The molecule has 7 nitrogen and oxygen atoms in total. The monoisotopic (exact) mass is 441 g/mol. The van der Waals surface area contributed by atoms with Gasteiger partial charge >= 0.3 is 5.97 Å². The Balaban J connectivity index is 1.78. The molecule has 2 amide bonds. The lowest BCUT2D eigenvalue weighted by molar-refractivity contribution is -0.136. The number of hydrogen-bond acceptors (Lipinski definition) is 6. The van der Waals surface area contributed by atoms with Crippen LogP contribution in [0, 0.1) is 5.92 Å². The summed E-state index contributed by atoms with van der Waals surface area (Å²) in [5.41, 5.74) is 1.02. The van der Waals surface area contributed by atoms with Gasteiger partial charge in [0.15, 0.2) is 5.71 Å². The van der Waals surface area contributed by atoms with Gasteiger partial charge in [-0.15, -0.1) is 0 Å². The first kappa shape index (κ1) is 18.4. The summed E-state index contributed by atoms with van der Waals surface area (Å²) < 4.78 is 5.90. The van der Waals surface area contributed by atoms with Crippen molar-refractivity contribution in [1.82, 2.24) is 0 Å². The Labute approximate surface area is 169 Å². The molecule has 4 rings (SSSR count). The second-order valence-electron chi connectivity index (χ2n) is 6.30. The average Bonchev–Trinajstić information content (AvgIpc) is 3.21. The molecule has 0 aromatic heterocycles. The second kappa shape index (κ2) is 7.20. The molecule has 2 aromatic carbocycles. The molecule has 0 saturated carbocycles. The number of nitrogens with zero attached hydrogens (tertiary/aromatic N) is 3. The average molecular weight is 442 g/mol. The van der Waals surface area contributed by atoms with Gasteiger partial charge in [0.05, 0.1) is 18.0 Å². The van der Waals surface area contributed by atoms with Crippen molar-refractivity contribution in [3.8, 4) is 0 Å². The molecule has 2 aliphatic heterocycles. The van der Waals surface area contributed by atoms with Crippen molar-refractivity contribution < 1.29 is 19.1 Å². The van der Waals surface area contributed by atoms with Gasteiger partial charge in [0.2, 0.25) is 5.91 Å². The lowest BCUT2D eigenvalue weighted by Gasteiger charge is -2.22. The molecule has 2 heterocycles. The van der Waals surface area contributed by atoms with Crippen molar-refractivity contribution in [2.45, 2.75) is 13.0 Å². The first-order chi connectivity index (χ1) is 13.5. The van der Waals surface area contributed by atoms with Gasteiger partial charge in [-0.3, -0.25) is 14.6 Å². The van der Waals surface area contributed by atoms with E-state index in [4.69, 9.17) is 4.74 Å². The minimum absolute atomic E-state index is 0.0475. The maximum Gasteiger partial charge on any atom is 0.355 e. The number of halogens is 1. The zero-order valence-electron chi connectivity index (χ0n) is 14.9. The number of hydrazone groups is 1. The van der Waals surface area contributed by atoms with E-state index >= 15 is 0 Å². The molecule has 2 aromatic rings. The third kappa shape index (κ3) is 2.90. The SMILES string of the molecule is CCOC(=O)C1=NN(c2ccccc2)C2C(=O)N(c3ccc(Br)cc3)C(=O)C12. The lowest BCUT2D eigenvalue weighted by atomic mass is 9.98. The van der Waals surface area contributed by atoms with Crippen LogP contribution in [0.3, 0.4) is 0 Å². The van der Waals surface area contributed by atoms with E-state index in [1.54, 1.807) is 55.5 Å². The fraction of sp³-hybridized carbons (Fsp3) is 0.200. The highest BCUT2D eigenvalue weighted by Crippen LogP contribution is 2.38. The zero-order valence-corrected chi connectivity index (χ0v) is 16.5. The minimum atomic E-state index is -1.00. The normalized spacial score (nSPS) is 21.0. The van der Waals surface area contributed by atoms with Gasteiger partial charge < -0.3 is 4.74 Å². The Kier molecular flexibility index (Phi) is 4.72. The number of esters is 1. The molecule has 0 radical (unpaired) electrons. The summed E-state index contributed by atoms with van der Waals surface area (Å²) in [6, 6.07) is 14.9. The molecular weight excluding hydrogens is 426 g/mol. The van der Waals surface area contributed by atoms with Crippen LogP contribution in [0.15, 0.2) is 64.2 Å². The molecule has 142 valence electrons. The number of fused-ring (bicyclic) bond motifs is 1. The van der Waals surface area contributed by atoms with Crippen LogP contribution < -0.4 is 9.91 Å². The summed E-state index contributed by atoms with van der Waals surface area (Å²) in [5, 5.41) is 5.74. The van der Waals surface area contributed by atoms with Crippen molar-refractivity contribution in [1.29, 1.82) is 0 Å². The molecule has 1 fully saturated rings. The van der Waals surface area contributed by atoms with Gasteiger partial charge in [-0.2, -0.15) is 5.10 Å². The summed E-state index contributed by atoms with van der Waals surface area (Å²) in [5.74, 6) is -2.60. The number of benzene rings is 2.